The third-order valence-electron chi connectivity index (χ3n) is 5.77. The molecule has 0 aromatic rings. The number of alkyl halides is 26. The molecule has 0 saturated heterocycles. The van der Waals surface area contributed by atoms with Crippen LogP contribution in [0.4, 0.5) is 114 Å². The Hall–Kier alpha value is -1.97. The van der Waals surface area contributed by atoms with Gasteiger partial charge in [-0.05, 0) is 0 Å². The second-order valence-electron chi connectivity index (χ2n) is 9.45. The fourth-order valence-corrected chi connectivity index (χ4v) is 3.37. The molecule has 0 aliphatic rings. The number of halogens is 26. The Kier molecular flexibility index (Phi) is 14.9. The van der Waals surface area contributed by atoms with Crippen LogP contribution in [0.15, 0.2) is 0 Å². The molecule has 0 fully saturated rings. The molecule has 1 unspecified atom stereocenters. The molecule has 1 atom stereocenters. The van der Waals surface area contributed by atoms with E-state index in [1.54, 1.807) is 0 Å². The van der Waals surface area contributed by atoms with Gasteiger partial charge in [-0.2, -0.15) is 114 Å². The summed E-state index contributed by atoms with van der Waals surface area (Å²) in [5.74, 6) is -88.3. The number of ether oxygens (including phenoxy) is 2. The van der Waals surface area contributed by atoms with Crippen LogP contribution >= 0.6 is 0 Å². The summed E-state index contributed by atoms with van der Waals surface area (Å²) in [6.45, 7) is -8.03. The summed E-state index contributed by atoms with van der Waals surface area (Å²) in [5, 5.41) is -4.31. The molecule has 0 spiro atoms. The van der Waals surface area contributed by atoms with Gasteiger partial charge in [-0.3, -0.25) is 9.59 Å². The first-order valence-corrected chi connectivity index (χ1v) is 12.8. The molecule has 0 saturated carbocycles. The van der Waals surface area contributed by atoms with Gasteiger partial charge in [0, 0.05) is 0 Å². The van der Waals surface area contributed by atoms with Crippen molar-refractivity contribution in [1.82, 2.24) is 0 Å². The molecule has 0 aromatic carbocycles. The van der Waals surface area contributed by atoms with Crippen LogP contribution in [0.25, 0.3) is 0 Å². The second kappa shape index (κ2) is 14.8. The van der Waals surface area contributed by atoms with Gasteiger partial charge in [-0.15, -0.1) is 0 Å². The fourth-order valence-electron chi connectivity index (χ4n) is 2.72. The summed E-state index contributed by atoms with van der Waals surface area (Å²) in [5.41, 5.74) is 0. The van der Waals surface area contributed by atoms with Crippen LogP contribution in [0.2, 0.25) is 0 Å². The SMILES string of the molecule is O=C(CC(C(=O)OCC(F)(F)C(F)(F)C(F)(F)C(F)(F)C(F)(F)C(F)(F)F)S(=O)(=O)[O-])OCC(F)(F)C(F)(F)C(F)(F)C(F)(F)C(F)(F)C(F)(F)F.[Na+]. The van der Waals surface area contributed by atoms with E-state index in [2.05, 4.69) is 9.47 Å². The monoisotopic (exact) mass is 884 g/mol. The maximum atomic E-state index is 13.7. The number of hydrogen-bond acceptors (Lipinski definition) is 7. The van der Waals surface area contributed by atoms with Gasteiger partial charge in [0.15, 0.2) is 18.5 Å². The van der Waals surface area contributed by atoms with Crippen molar-refractivity contribution in [3.63, 3.8) is 0 Å². The zero-order valence-electron chi connectivity index (χ0n) is 23.8. The first-order valence-electron chi connectivity index (χ1n) is 11.3. The third kappa shape index (κ3) is 8.88. The molecule has 7 nitrogen and oxygen atoms in total. The van der Waals surface area contributed by atoms with Gasteiger partial charge in [0.05, 0.1) is 6.42 Å². The number of rotatable bonds is 16. The van der Waals surface area contributed by atoms with Crippen LogP contribution in [0.3, 0.4) is 0 Å². The van der Waals surface area contributed by atoms with Gasteiger partial charge in [0.1, 0.15) is 10.1 Å². The van der Waals surface area contributed by atoms with Crippen molar-refractivity contribution < 1.29 is 176 Å². The quantitative estimate of drug-likeness (QED) is 0.100. The molecule has 0 aromatic heterocycles. The fraction of sp³-hybridized carbons (Fsp3) is 0.889. The van der Waals surface area contributed by atoms with Crippen molar-refractivity contribution >= 4 is 22.1 Å². The molecular formula is C18H7F26NaO7S. The molecule has 0 rings (SSSR count). The van der Waals surface area contributed by atoms with E-state index >= 15 is 0 Å². The van der Waals surface area contributed by atoms with Crippen LogP contribution in [-0.2, 0) is 29.2 Å². The van der Waals surface area contributed by atoms with Crippen molar-refractivity contribution in [3.05, 3.63) is 0 Å². The zero-order valence-corrected chi connectivity index (χ0v) is 26.6. The standard InChI is InChI=1S/C18H8F26O7S.Na/c19-7(20,9(23,24)11(27,28)13(31,32)15(35,36)17(39,40)41)2-50-5(45)1-4(52(47,48)49)6(46)51-3-8(21,22)10(25,26)12(29,30)14(33,34)16(37,38)18(42,43)44;/h4H,1-3H2,(H,47,48,49);/q;+1/p-1. The van der Waals surface area contributed by atoms with Crippen molar-refractivity contribution in [2.75, 3.05) is 13.2 Å². The van der Waals surface area contributed by atoms with Crippen LogP contribution in [0.5, 0.6) is 0 Å². The Morgan fingerprint density at radius 3 is 0.943 bits per heavy atom. The maximum absolute atomic E-state index is 13.7. The Bertz CT molecular complexity index is 1440. The normalized spacial score (nSPS) is 16.1. The molecular weight excluding hydrogens is 877 g/mol. The van der Waals surface area contributed by atoms with E-state index in [9.17, 15) is 137 Å². The first kappa shape index (κ1) is 53.1. The zero-order chi connectivity index (χ0) is 42.8. The van der Waals surface area contributed by atoms with E-state index in [0.717, 1.165) is 0 Å². The van der Waals surface area contributed by atoms with Crippen molar-refractivity contribution in [3.8, 4) is 0 Å². The van der Waals surface area contributed by atoms with Crippen LogP contribution in [-0.4, -0.2) is 115 Å². The summed E-state index contributed by atoms with van der Waals surface area (Å²) in [7, 11) is -6.90. The summed E-state index contributed by atoms with van der Waals surface area (Å²) in [6.07, 6.45) is -18.8. The van der Waals surface area contributed by atoms with E-state index in [1.165, 1.54) is 0 Å². The molecule has 35 heteroatoms. The van der Waals surface area contributed by atoms with Gasteiger partial charge in [0.25, 0.3) is 0 Å². The van der Waals surface area contributed by atoms with Gasteiger partial charge >= 0.3 is 113 Å². The second-order valence-corrected chi connectivity index (χ2v) is 11.0. The topological polar surface area (TPSA) is 110 Å². The predicted molar refractivity (Wildman–Crippen MR) is 102 cm³/mol. The molecule has 53 heavy (non-hydrogen) atoms. The minimum absolute atomic E-state index is 0. The molecule has 310 valence electrons. The average Bonchev–Trinajstić information content (AvgIpc) is 2.90. The summed E-state index contributed by atoms with van der Waals surface area (Å²) >= 11 is 0. The number of carbonyl (C=O) groups excluding carboxylic acids is 2. The van der Waals surface area contributed by atoms with Crippen molar-refractivity contribution in [2.45, 2.75) is 83.2 Å². The Morgan fingerprint density at radius 2 is 0.698 bits per heavy atom. The van der Waals surface area contributed by atoms with E-state index in [1.807, 2.05) is 0 Å². The van der Waals surface area contributed by atoms with E-state index in [0.29, 0.717) is 0 Å². The molecule has 0 bridgehead atoms. The first-order chi connectivity index (χ1) is 22.1. The Morgan fingerprint density at radius 1 is 0.453 bits per heavy atom. The van der Waals surface area contributed by atoms with Gasteiger partial charge in [-0.25, -0.2) is 8.42 Å². The van der Waals surface area contributed by atoms with Crippen LogP contribution in [0.1, 0.15) is 6.42 Å². The summed E-state index contributed by atoms with van der Waals surface area (Å²) in [6, 6.07) is 0. The molecule has 0 N–H and O–H groups in total. The Labute approximate surface area is 294 Å². The largest absolute Gasteiger partial charge is 1.00 e. The minimum atomic E-state index is -8.53. The molecule has 0 aliphatic heterocycles. The van der Waals surface area contributed by atoms with Crippen molar-refractivity contribution in [2.24, 2.45) is 0 Å². The Balaban J connectivity index is 0. The van der Waals surface area contributed by atoms with Gasteiger partial charge < -0.3 is 14.0 Å². The summed E-state index contributed by atoms with van der Waals surface area (Å²) < 4.78 is 378. The number of carbonyl (C=O) groups is 2. The van der Waals surface area contributed by atoms with E-state index < -0.39 is 119 Å². The van der Waals surface area contributed by atoms with Gasteiger partial charge in [-0.1, -0.05) is 0 Å². The maximum Gasteiger partial charge on any atom is 1.00 e. The van der Waals surface area contributed by atoms with Crippen molar-refractivity contribution in [1.29, 1.82) is 0 Å². The smallest absolute Gasteiger partial charge is 0.747 e. The average molecular weight is 884 g/mol. The predicted octanol–water partition coefficient (Wildman–Crippen LogP) is 3.86. The van der Waals surface area contributed by atoms with Crippen LogP contribution < -0.4 is 29.6 Å². The number of esters is 2. The minimum Gasteiger partial charge on any atom is -0.747 e. The van der Waals surface area contributed by atoms with Crippen LogP contribution in [0, 0.1) is 0 Å². The third-order valence-corrected chi connectivity index (χ3v) is 6.83. The van der Waals surface area contributed by atoms with E-state index in [4.69, 9.17) is 0 Å². The van der Waals surface area contributed by atoms with Gasteiger partial charge in [0.2, 0.25) is 0 Å². The molecule has 0 amide bonds. The number of hydrogen-bond donors (Lipinski definition) is 0. The molecule has 0 heterocycles. The molecule has 0 aliphatic carbocycles. The molecule has 0 radical (unpaired) electrons. The summed E-state index contributed by atoms with van der Waals surface area (Å²) in [4.78, 5) is 23.1. The van der Waals surface area contributed by atoms with E-state index in [-0.39, 0.29) is 29.6 Å².